The maximum atomic E-state index is 14.6. The summed E-state index contributed by atoms with van der Waals surface area (Å²) in [4.78, 5) is 56.5. The van der Waals surface area contributed by atoms with Crippen molar-refractivity contribution in [1.82, 2.24) is 10.6 Å². The fraction of sp³-hybridized carbons (Fsp3) is 0.160. The summed E-state index contributed by atoms with van der Waals surface area (Å²) >= 11 is 0. The van der Waals surface area contributed by atoms with E-state index in [1.54, 1.807) is 6.07 Å². The number of fused-ring (bicyclic) bond motifs is 1. The van der Waals surface area contributed by atoms with Crippen LogP contribution >= 0.6 is 7.60 Å². The van der Waals surface area contributed by atoms with Gasteiger partial charge in [-0.1, -0.05) is 18.2 Å². The monoisotopic (exact) mass is 574 g/mol. The molecule has 15 heteroatoms. The van der Waals surface area contributed by atoms with Crippen LogP contribution in [0.4, 0.5) is 8.78 Å². The number of carboxylic acids is 1. The van der Waals surface area contributed by atoms with Crippen LogP contribution in [-0.4, -0.2) is 50.8 Å². The Hall–Kier alpha value is -4.10. The predicted octanol–water partition coefficient (Wildman–Crippen LogP) is 1.39. The number of hydrogen-bond acceptors (Lipinski definition) is 6. The molecule has 1 aliphatic heterocycles. The Morgan fingerprint density at radius 1 is 1.07 bits per heavy atom. The number of carbonyl (C=O) groups excluding carboxylic acids is 2. The van der Waals surface area contributed by atoms with E-state index < -0.39 is 61.4 Å². The molecule has 40 heavy (non-hydrogen) atoms. The van der Waals surface area contributed by atoms with Crippen LogP contribution in [-0.2, 0) is 15.8 Å². The van der Waals surface area contributed by atoms with E-state index in [0.29, 0.717) is 11.6 Å². The van der Waals surface area contributed by atoms with Gasteiger partial charge in [-0.2, -0.15) is 0 Å². The third kappa shape index (κ3) is 6.05. The Morgan fingerprint density at radius 2 is 1.80 bits per heavy atom. The first-order chi connectivity index (χ1) is 18.8. The van der Waals surface area contributed by atoms with Gasteiger partial charge in [-0.3, -0.25) is 14.2 Å². The number of halogens is 2. The molecule has 0 saturated carbocycles. The summed E-state index contributed by atoms with van der Waals surface area (Å²) in [6.45, 7) is 1.42. The molecule has 208 valence electrons. The second kappa shape index (κ2) is 11.2. The molecule has 0 bridgehead atoms. The lowest BCUT2D eigenvalue weighted by Gasteiger charge is -2.30. The third-order valence-corrected chi connectivity index (χ3v) is 7.24. The zero-order chi connectivity index (χ0) is 29.4. The Balaban J connectivity index is 1.65. The first kappa shape index (κ1) is 28.9. The van der Waals surface area contributed by atoms with E-state index in [0.717, 1.165) is 18.2 Å². The summed E-state index contributed by atoms with van der Waals surface area (Å²) in [5.74, 6) is -6.19. The molecule has 2 amide bonds. The van der Waals surface area contributed by atoms with Gasteiger partial charge in [-0.05, 0) is 66.4 Å². The Bertz CT molecular complexity index is 1570. The highest BCUT2D eigenvalue weighted by Gasteiger charge is 2.39. The second-order valence-corrected chi connectivity index (χ2v) is 10.6. The molecule has 3 aromatic rings. The largest absolute Gasteiger partial charge is 0.547 e. The predicted molar refractivity (Wildman–Crippen MR) is 137 cm³/mol. The molecule has 3 aromatic carbocycles. The van der Waals surface area contributed by atoms with Crippen LogP contribution in [0.2, 0.25) is 0 Å². The van der Waals surface area contributed by atoms with Crippen molar-refractivity contribution in [3.63, 3.8) is 0 Å². The van der Waals surface area contributed by atoms with E-state index in [4.69, 9.17) is 4.65 Å². The van der Waals surface area contributed by atoms with E-state index in [1.165, 1.54) is 31.2 Å². The first-order valence-electron chi connectivity index (χ1n) is 11.7. The molecule has 4 rings (SSSR count). The topological polar surface area (TPSA) is 182 Å². The number of rotatable bonds is 7. The van der Waals surface area contributed by atoms with Gasteiger partial charge in [0, 0.05) is 5.56 Å². The van der Waals surface area contributed by atoms with Crippen LogP contribution in [0.3, 0.4) is 0 Å². The summed E-state index contributed by atoms with van der Waals surface area (Å²) in [6, 6.07) is 8.58. The van der Waals surface area contributed by atoms with E-state index in [9.17, 15) is 47.6 Å². The molecule has 0 aromatic heterocycles. The molecule has 0 fully saturated rings. The van der Waals surface area contributed by atoms with Crippen LogP contribution in [0.25, 0.3) is 0 Å². The average Bonchev–Trinajstić information content (AvgIpc) is 2.87. The maximum absolute atomic E-state index is 14.6. The summed E-state index contributed by atoms with van der Waals surface area (Å²) < 4.78 is 45.2. The van der Waals surface area contributed by atoms with Gasteiger partial charge in [0.05, 0.1) is 16.8 Å². The van der Waals surface area contributed by atoms with E-state index in [-0.39, 0.29) is 34.4 Å². The van der Waals surface area contributed by atoms with Gasteiger partial charge < -0.3 is 35.2 Å². The van der Waals surface area contributed by atoms with Crippen LogP contribution in [0.5, 0.6) is 5.75 Å². The zero-order valence-electron chi connectivity index (χ0n) is 20.7. The third-order valence-electron chi connectivity index (χ3n) is 6.25. The number of carboxylic acid groups (broad SMARTS) is 1. The highest BCUT2D eigenvalue weighted by atomic mass is 31.2. The summed E-state index contributed by atoms with van der Waals surface area (Å²) in [6.07, 6.45) is -0.0628. The second-order valence-electron chi connectivity index (χ2n) is 9.05. The lowest BCUT2D eigenvalue weighted by Crippen LogP contribution is -2.55. The lowest BCUT2D eigenvalue weighted by molar-refractivity contribution is -0.123. The number of amides is 2. The van der Waals surface area contributed by atoms with Crippen molar-refractivity contribution in [2.24, 2.45) is 0 Å². The van der Waals surface area contributed by atoms with Gasteiger partial charge in [-0.15, -0.1) is 0 Å². The molecule has 0 radical (unpaired) electrons. The number of benzene rings is 3. The van der Waals surface area contributed by atoms with Crippen molar-refractivity contribution in [3.8, 4) is 5.75 Å². The summed E-state index contributed by atoms with van der Waals surface area (Å²) in [7, 11) is -6.68. The number of carbonyl (C=O) groups is 3. The molecule has 6 N–H and O–H groups in total. The summed E-state index contributed by atoms with van der Waals surface area (Å²) in [5, 5.41) is 23.8. The minimum absolute atomic E-state index is 0.0276. The lowest BCUT2D eigenvalue weighted by atomic mass is 9.72. The molecular formula is C25H22BF2N2O9P. The zero-order valence-corrected chi connectivity index (χ0v) is 21.6. The Labute approximate surface area is 226 Å². The van der Waals surface area contributed by atoms with Gasteiger partial charge in [0.2, 0.25) is 5.91 Å². The van der Waals surface area contributed by atoms with Crippen LogP contribution in [0.1, 0.15) is 43.4 Å². The molecule has 0 saturated heterocycles. The number of para-hydroxylation sites is 1. The van der Waals surface area contributed by atoms with Gasteiger partial charge in [0.1, 0.15) is 23.4 Å². The van der Waals surface area contributed by atoms with Crippen LogP contribution in [0, 0.1) is 18.6 Å². The minimum atomic E-state index is -4.98. The van der Waals surface area contributed by atoms with Gasteiger partial charge >= 0.3 is 20.7 Å². The SMILES string of the molecule is Cc1cc(C(=O)N[C@@H](C(=O)N[C@H]2Cc3cccc(C(=O)O)c3OB2O)c2ccc(P(=O)(O)O)c(F)c2)ccc1F. The van der Waals surface area contributed by atoms with Gasteiger partial charge in [-0.25, -0.2) is 13.6 Å². The molecule has 1 aliphatic rings. The van der Waals surface area contributed by atoms with Crippen molar-refractivity contribution in [1.29, 1.82) is 0 Å². The fourth-order valence-corrected chi connectivity index (χ4v) is 4.83. The Morgan fingerprint density at radius 3 is 2.42 bits per heavy atom. The average molecular weight is 574 g/mol. The molecular weight excluding hydrogens is 552 g/mol. The van der Waals surface area contributed by atoms with Crippen molar-refractivity contribution < 1.29 is 52.3 Å². The quantitative estimate of drug-likeness (QED) is 0.179. The van der Waals surface area contributed by atoms with E-state index in [1.807, 2.05) is 0 Å². The highest BCUT2D eigenvalue weighted by Crippen LogP contribution is 2.35. The summed E-state index contributed by atoms with van der Waals surface area (Å²) in [5.41, 5.74) is 0.100. The van der Waals surface area contributed by atoms with Crippen molar-refractivity contribution in [2.75, 3.05) is 0 Å². The van der Waals surface area contributed by atoms with E-state index in [2.05, 4.69) is 10.6 Å². The molecule has 1 heterocycles. The number of hydrogen-bond donors (Lipinski definition) is 6. The molecule has 0 unspecified atom stereocenters. The maximum Gasteiger partial charge on any atom is 0.547 e. The van der Waals surface area contributed by atoms with Crippen molar-refractivity contribution in [3.05, 3.63) is 94.0 Å². The smallest absolute Gasteiger partial charge is 0.534 e. The Kier molecular flexibility index (Phi) is 8.08. The van der Waals surface area contributed by atoms with Crippen molar-refractivity contribution in [2.45, 2.75) is 25.3 Å². The standard InChI is InChI=1S/C25H22BF2N2O9P/c1-12-9-15(5-7-17(12)27)23(31)30-21(13-6-8-19(18(28)10-13)40(36,37)38)24(32)29-20-11-14-3-2-4-16(25(33)34)22(14)39-26(20)35/h2-10,20-21,35H,11H2,1H3,(H,29,32)(H,30,31)(H,33,34)(H2,36,37,38)/t20-,21+/m0/s1. The number of aromatic carboxylic acids is 1. The van der Waals surface area contributed by atoms with Crippen LogP contribution < -0.4 is 20.6 Å². The minimum Gasteiger partial charge on any atom is -0.534 e. The normalized spacial score (nSPS) is 15.4. The number of nitrogens with one attached hydrogen (secondary N) is 2. The van der Waals surface area contributed by atoms with Gasteiger partial charge in [0.25, 0.3) is 5.91 Å². The van der Waals surface area contributed by atoms with Gasteiger partial charge in [0.15, 0.2) is 0 Å². The van der Waals surface area contributed by atoms with E-state index >= 15 is 0 Å². The molecule has 0 spiro atoms. The van der Waals surface area contributed by atoms with Crippen LogP contribution in [0.15, 0.2) is 54.6 Å². The number of aryl methyl sites for hydroxylation is 1. The molecule has 11 nitrogen and oxygen atoms in total. The van der Waals surface area contributed by atoms with Crippen molar-refractivity contribution >= 4 is 37.8 Å². The fourth-order valence-electron chi connectivity index (χ4n) is 4.22. The molecule has 0 aliphatic carbocycles. The molecule has 2 atom stereocenters. The first-order valence-corrected chi connectivity index (χ1v) is 13.3. The highest BCUT2D eigenvalue weighted by molar-refractivity contribution is 7.60.